The number of nitrogens with zero attached hydrogens (tertiary/aromatic N) is 1. The monoisotopic (exact) mass is 364 g/mol. The van der Waals surface area contributed by atoms with Gasteiger partial charge in [0.05, 0.1) is 6.61 Å². The quantitative estimate of drug-likeness (QED) is 0.837. The van der Waals surface area contributed by atoms with Crippen molar-refractivity contribution < 1.29 is 4.74 Å². The number of rotatable bonds is 6. The maximum absolute atomic E-state index is 6.25. The van der Waals surface area contributed by atoms with E-state index >= 15 is 0 Å². The summed E-state index contributed by atoms with van der Waals surface area (Å²) in [4.78, 5) is 2.43. The van der Waals surface area contributed by atoms with E-state index in [0.717, 1.165) is 53.9 Å². The number of halogens is 2. The lowest BCUT2D eigenvalue weighted by molar-refractivity contribution is 0.0573. The van der Waals surface area contributed by atoms with Gasteiger partial charge in [-0.05, 0) is 35.4 Å². The van der Waals surface area contributed by atoms with Gasteiger partial charge in [0.1, 0.15) is 6.10 Å². The fourth-order valence-electron chi connectivity index (χ4n) is 2.89. The summed E-state index contributed by atoms with van der Waals surface area (Å²) in [5.74, 6) is 0. The Morgan fingerprint density at radius 1 is 0.875 bits per heavy atom. The average Bonchev–Trinajstić information content (AvgIpc) is 2.62. The number of hydrogen-bond acceptors (Lipinski definition) is 3. The second-order valence-corrected chi connectivity index (χ2v) is 6.82. The number of ether oxygens (including phenoxy) is 1. The van der Waals surface area contributed by atoms with Crippen molar-refractivity contribution in [1.82, 2.24) is 10.2 Å². The second-order valence-electron chi connectivity index (χ2n) is 5.95. The molecule has 2 aromatic rings. The highest BCUT2D eigenvalue weighted by Gasteiger charge is 2.16. The van der Waals surface area contributed by atoms with Crippen LogP contribution in [-0.2, 0) is 4.74 Å². The van der Waals surface area contributed by atoms with Gasteiger partial charge in [0.25, 0.3) is 0 Å². The molecule has 0 spiro atoms. The highest BCUT2D eigenvalue weighted by atomic mass is 35.5. The Hall–Kier alpha value is -1.10. The van der Waals surface area contributed by atoms with Crippen LogP contribution in [0.3, 0.4) is 0 Å². The van der Waals surface area contributed by atoms with Crippen LogP contribution in [0.4, 0.5) is 0 Å². The number of nitrogens with one attached hydrogen (secondary N) is 1. The van der Waals surface area contributed by atoms with E-state index in [0.29, 0.717) is 6.61 Å². The molecule has 1 saturated heterocycles. The molecule has 1 aliphatic rings. The van der Waals surface area contributed by atoms with Gasteiger partial charge < -0.3 is 10.1 Å². The molecular formula is C19H22Cl2N2O. The van der Waals surface area contributed by atoms with Crippen molar-refractivity contribution in [3.05, 3.63) is 69.7 Å². The molecule has 0 radical (unpaired) electrons. The Labute approximate surface area is 153 Å². The molecule has 1 N–H and O–H groups in total. The van der Waals surface area contributed by atoms with E-state index in [1.165, 1.54) is 0 Å². The van der Waals surface area contributed by atoms with Crippen LogP contribution in [0.1, 0.15) is 17.2 Å². The smallest absolute Gasteiger partial charge is 0.108 e. The zero-order valence-electron chi connectivity index (χ0n) is 13.6. The standard InChI is InChI=1S/C19H22Cl2N2O/c20-17-5-1-15(2-6-17)19(16-3-7-18(21)8-4-16)24-14-13-23-11-9-22-10-12-23/h1-8,19,22H,9-14H2. The Kier molecular flexibility index (Phi) is 6.52. The van der Waals surface area contributed by atoms with Gasteiger partial charge in [-0.2, -0.15) is 0 Å². The molecule has 0 bridgehead atoms. The van der Waals surface area contributed by atoms with E-state index in [9.17, 15) is 0 Å². The zero-order valence-corrected chi connectivity index (χ0v) is 15.1. The molecule has 2 aromatic carbocycles. The molecule has 1 heterocycles. The fourth-order valence-corrected chi connectivity index (χ4v) is 3.15. The molecule has 3 rings (SSSR count). The molecule has 0 aromatic heterocycles. The van der Waals surface area contributed by atoms with E-state index in [1.54, 1.807) is 0 Å². The highest BCUT2D eigenvalue weighted by molar-refractivity contribution is 6.30. The number of piperazine rings is 1. The molecule has 5 heteroatoms. The minimum atomic E-state index is -0.109. The summed E-state index contributed by atoms with van der Waals surface area (Å²) >= 11 is 12.0. The predicted molar refractivity (Wildman–Crippen MR) is 100 cm³/mol. The summed E-state index contributed by atoms with van der Waals surface area (Å²) in [7, 11) is 0. The first-order valence-electron chi connectivity index (χ1n) is 8.28. The average molecular weight is 365 g/mol. The first-order valence-corrected chi connectivity index (χ1v) is 9.03. The third kappa shape index (κ3) is 4.95. The van der Waals surface area contributed by atoms with Crippen molar-refractivity contribution in [3.8, 4) is 0 Å². The zero-order chi connectivity index (χ0) is 16.8. The highest BCUT2D eigenvalue weighted by Crippen LogP contribution is 2.28. The third-order valence-corrected chi connectivity index (χ3v) is 4.75. The number of hydrogen-bond donors (Lipinski definition) is 1. The summed E-state index contributed by atoms with van der Waals surface area (Å²) in [6, 6.07) is 15.7. The Morgan fingerprint density at radius 3 is 1.88 bits per heavy atom. The molecule has 24 heavy (non-hydrogen) atoms. The third-order valence-electron chi connectivity index (χ3n) is 4.25. The molecule has 1 fully saturated rings. The summed E-state index contributed by atoms with van der Waals surface area (Å²) in [5.41, 5.74) is 2.20. The van der Waals surface area contributed by atoms with Gasteiger partial charge in [-0.15, -0.1) is 0 Å². The first-order chi connectivity index (χ1) is 11.7. The van der Waals surface area contributed by atoms with Gasteiger partial charge in [0.15, 0.2) is 0 Å². The van der Waals surface area contributed by atoms with Crippen molar-refractivity contribution in [2.45, 2.75) is 6.10 Å². The fraction of sp³-hybridized carbons (Fsp3) is 0.368. The minimum absolute atomic E-state index is 0.109. The van der Waals surface area contributed by atoms with Crippen LogP contribution in [-0.4, -0.2) is 44.2 Å². The minimum Gasteiger partial charge on any atom is -0.367 e. The van der Waals surface area contributed by atoms with Crippen LogP contribution >= 0.6 is 23.2 Å². The predicted octanol–water partition coefficient (Wildman–Crippen LogP) is 4.00. The molecular weight excluding hydrogens is 343 g/mol. The summed E-state index contributed by atoms with van der Waals surface area (Å²) < 4.78 is 6.25. The molecule has 3 nitrogen and oxygen atoms in total. The van der Waals surface area contributed by atoms with Crippen molar-refractivity contribution in [2.24, 2.45) is 0 Å². The van der Waals surface area contributed by atoms with Crippen molar-refractivity contribution >= 4 is 23.2 Å². The SMILES string of the molecule is Clc1ccc(C(OCCN2CCNCC2)c2ccc(Cl)cc2)cc1. The molecule has 128 valence electrons. The van der Waals surface area contributed by atoms with Crippen LogP contribution in [0.15, 0.2) is 48.5 Å². The van der Waals surface area contributed by atoms with E-state index in [4.69, 9.17) is 27.9 Å². The Balaban J connectivity index is 1.69. The lowest BCUT2D eigenvalue weighted by atomic mass is 10.0. The van der Waals surface area contributed by atoms with Gasteiger partial charge in [0.2, 0.25) is 0 Å². The van der Waals surface area contributed by atoms with Gasteiger partial charge in [-0.3, -0.25) is 4.90 Å². The number of benzene rings is 2. The summed E-state index contributed by atoms with van der Waals surface area (Å²) in [6.45, 7) is 5.90. The van der Waals surface area contributed by atoms with Crippen molar-refractivity contribution in [1.29, 1.82) is 0 Å². The van der Waals surface area contributed by atoms with Crippen LogP contribution in [0, 0.1) is 0 Å². The van der Waals surface area contributed by atoms with E-state index in [1.807, 2.05) is 48.5 Å². The largest absolute Gasteiger partial charge is 0.367 e. The van der Waals surface area contributed by atoms with Gasteiger partial charge in [-0.1, -0.05) is 47.5 Å². The van der Waals surface area contributed by atoms with Crippen molar-refractivity contribution in [3.63, 3.8) is 0 Å². The topological polar surface area (TPSA) is 24.5 Å². The lowest BCUT2D eigenvalue weighted by Crippen LogP contribution is -2.44. The first kappa shape index (κ1) is 17.7. The maximum atomic E-state index is 6.25. The van der Waals surface area contributed by atoms with Gasteiger partial charge in [-0.25, -0.2) is 0 Å². The van der Waals surface area contributed by atoms with Crippen LogP contribution in [0.5, 0.6) is 0 Å². The Morgan fingerprint density at radius 2 is 1.38 bits per heavy atom. The van der Waals surface area contributed by atoms with E-state index in [-0.39, 0.29) is 6.10 Å². The molecule has 0 saturated carbocycles. The van der Waals surface area contributed by atoms with Crippen LogP contribution in [0.25, 0.3) is 0 Å². The van der Waals surface area contributed by atoms with Crippen LogP contribution < -0.4 is 5.32 Å². The molecule has 0 unspecified atom stereocenters. The lowest BCUT2D eigenvalue weighted by Gasteiger charge is -2.28. The summed E-state index contributed by atoms with van der Waals surface area (Å²) in [5, 5.41) is 4.83. The van der Waals surface area contributed by atoms with E-state index in [2.05, 4.69) is 10.2 Å². The second kappa shape index (κ2) is 8.84. The van der Waals surface area contributed by atoms with Crippen LogP contribution in [0.2, 0.25) is 10.0 Å². The Bertz CT molecular complexity index is 579. The summed E-state index contributed by atoms with van der Waals surface area (Å²) in [6.07, 6.45) is -0.109. The van der Waals surface area contributed by atoms with Gasteiger partial charge >= 0.3 is 0 Å². The molecule has 0 aliphatic carbocycles. The molecule has 1 aliphatic heterocycles. The normalized spacial score (nSPS) is 15.8. The maximum Gasteiger partial charge on any atom is 0.108 e. The van der Waals surface area contributed by atoms with E-state index < -0.39 is 0 Å². The molecule has 0 amide bonds. The molecule has 0 atom stereocenters. The van der Waals surface area contributed by atoms with Crippen molar-refractivity contribution in [2.75, 3.05) is 39.3 Å². The van der Waals surface area contributed by atoms with Gasteiger partial charge in [0, 0.05) is 42.8 Å².